The standard InChI is InChI=1S/C21H26N4O4/c1-2-28-13-6-11-22-20(26)15-25-17-8-4-3-7-16(17)24-19(25)10-12-23-21(27)18-9-5-14-29-18/h3-5,7-9,14H,2,6,10-13,15H2,1H3,(H,22,26)(H,23,27). The van der Waals surface area contributed by atoms with Crippen LogP contribution in [0.15, 0.2) is 47.1 Å². The monoisotopic (exact) mass is 398 g/mol. The smallest absolute Gasteiger partial charge is 0.286 e. The molecule has 0 aliphatic carbocycles. The van der Waals surface area contributed by atoms with Gasteiger partial charge in [0, 0.05) is 32.7 Å². The van der Waals surface area contributed by atoms with Crippen LogP contribution in [0.4, 0.5) is 0 Å². The Morgan fingerprint density at radius 2 is 2.00 bits per heavy atom. The van der Waals surface area contributed by atoms with Gasteiger partial charge in [-0.05, 0) is 37.6 Å². The molecular weight excluding hydrogens is 372 g/mol. The Bertz CT molecular complexity index is 933. The predicted octanol–water partition coefficient (Wildman–Crippen LogP) is 2.14. The molecule has 0 saturated carbocycles. The summed E-state index contributed by atoms with van der Waals surface area (Å²) in [6.07, 6.45) is 2.73. The molecule has 2 N–H and O–H groups in total. The van der Waals surface area contributed by atoms with Crippen molar-refractivity contribution in [3.63, 3.8) is 0 Å². The van der Waals surface area contributed by atoms with Crippen LogP contribution in [0, 0.1) is 0 Å². The van der Waals surface area contributed by atoms with Gasteiger partial charge in [0.05, 0.1) is 17.3 Å². The summed E-state index contributed by atoms with van der Waals surface area (Å²) in [7, 11) is 0. The van der Waals surface area contributed by atoms with E-state index in [1.54, 1.807) is 12.1 Å². The van der Waals surface area contributed by atoms with Crippen molar-refractivity contribution in [1.82, 2.24) is 20.2 Å². The number of imidazole rings is 1. The van der Waals surface area contributed by atoms with Gasteiger partial charge in [-0.25, -0.2) is 4.98 Å². The molecular formula is C21H26N4O4. The molecule has 2 aromatic heterocycles. The van der Waals surface area contributed by atoms with E-state index >= 15 is 0 Å². The van der Waals surface area contributed by atoms with E-state index in [0.29, 0.717) is 32.7 Å². The highest BCUT2D eigenvalue weighted by Gasteiger charge is 2.14. The van der Waals surface area contributed by atoms with Crippen LogP contribution in [0.1, 0.15) is 29.7 Å². The first-order chi connectivity index (χ1) is 14.2. The van der Waals surface area contributed by atoms with Gasteiger partial charge in [-0.2, -0.15) is 0 Å². The lowest BCUT2D eigenvalue weighted by molar-refractivity contribution is -0.121. The van der Waals surface area contributed by atoms with Crippen LogP contribution in [0.5, 0.6) is 0 Å². The summed E-state index contributed by atoms with van der Waals surface area (Å²) in [5.74, 6) is 0.663. The first kappa shape index (κ1) is 20.6. The third-order valence-electron chi connectivity index (χ3n) is 4.41. The largest absolute Gasteiger partial charge is 0.459 e. The zero-order valence-corrected chi connectivity index (χ0v) is 16.5. The molecule has 0 aliphatic rings. The summed E-state index contributed by atoms with van der Waals surface area (Å²) >= 11 is 0. The number of carbonyl (C=O) groups is 2. The van der Waals surface area contributed by atoms with Gasteiger partial charge in [0.25, 0.3) is 5.91 Å². The number of nitrogens with one attached hydrogen (secondary N) is 2. The molecule has 3 aromatic rings. The van der Waals surface area contributed by atoms with Gasteiger partial charge in [-0.15, -0.1) is 0 Å². The van der Waals surface area contributed by atoms with E-state index in [-0.39, 0.29) is 24.1 Å². The number of aromatic nitrogens is 2. The van der Waals surface area contributed by atoms with Crippen molar-refractivity contribution in [2.24, 2.45) is 0 Å². The van der Waals surface area contributed by atoms with Crippen LogP contribution in [0.3, 0.4) is 0 Å². The van der Waals surface area contributed by atoms with Crippen molar-refractivity contribution in [1.29, 1.82) is 0 Å². The molecule has 8 heteroatoms. The lowest BCUT2D eigenvalue weighted by atomic mass is 10.3. The summed E-state index contributed by atoms with van der Waals surface area (Å²) in [5, 5.41) is 5.73. The number of para-hydroxylation sites is 2. The number of hydrogen-bond acceptors (Lipinski definition) is 5. The van der Waals surface area contributed by atoms with E-state index in [9.17, 15) is 9.59 Å². The van der Waals surface area contributed by atoms with Crippen LogP contribution in [0.2, 0.25) is 0 Å². The maximum atomic E-state index is 12.4. The maximum absolute atomic E-state index is 12.4. The maximum Gasteiger partial charge on any atom is 0.286 e. The number of furan rings is 1. The van der Waals surface area contributed by atoms with Crippen LogP contribution in [-0.4, -0.2) is 47.7 Å². The number of ether oxygens (including phenoxy) is 1. The van der Waals surface area contributed by atoms with Crippen molar-refractivity contribution in [2.45, 2.75) is 26.3 Å². The van der Waals surface area contributed by atoms with Gasteiger partial charge < -0.3 is 24.4 Å². The molecule has 154 valence electrons. The Kier molecular flexibility index (Phi) is 7.40. The molecule has 0 aliphatic heterocycles. The third kappa shape index (κ3) is 5.68. The number of benzene rings is 1. The number of hydrogen-bond donors (Lipinski definition) is 2. The predicted molar refractivity (Wildman–Crippen MR) is 109 cm³/mol. The molecule has 2 heterocycles. The molecule has 0 saturated heterocycles. The van der Waals surface area contributed by atoms with Crippen LogP contribution >= 0.6 is 0 Å². The lowest BCUT2D eigenvalue weighted by Crippen LogP contribution is -2.30. The molecule has 3 rings (SSSR count). The van der Waals surface area contributed by atoms with E-state index in [0.717, 1.165) is 23.3 Å². The molecule has 1 aromatic carbocycles. The molecule has 0 fully saturated rings. The SMILES string of the molecule is CCOCCCNC(=O)Cn1c(CCNC(=O)c2ccco2)nc2ccccc21. The van der Waals surface area contributed by atoms with Crippen LogP contribution < -0.4 is 10.6 Å². The van der Waals surface area contributed by atoms with Crippen LogP contribution in [-0.2, 0) is 22.5 Å². The number of carbonyl (C=O) groups excluding carboxylic acids is 2. The fourth-order valence-corrected chi connectivity index (χ4v) is 3.02. The van der Waals surface area contributed by atoms with Crippen LogP contribution in [0.25, 0.3) is 11.0 Å². The average molecular weight is 398 g/mol. The molecule has 0 atom stereocenters. The fourth-order valence-electron chi connectivity index (χ4n) is 3.02. The van der Waals surface area contributed by atoms with Gasteiger partial charge >= 0.3 is 0 Å². The third-order valence-corrected chi connectivity index (χ3v) is 4.41. The van der Waals surface area contributed by atoms with E-state index < -0.39 is 0 Å². The average Bonchev–Trinajstić information content (AvgIpc) is 3.37. The molecule has 8 nitrogen and oxygen atoms in total. The van der Waals surface area contributed by atoms with Gasteiger partial charge in [-0.3, -0.25) is 9.59 Å². The van der Waals surface area contributed by atoms with Gasteiger partial charge in [0.15, 0.2) is 5.76 Å². The topological polar surface area (TPSA) is 98.4 Å². The van der Waals surface area contributed by atoms with Crippen molar-refractivity contribution in [3.05, 3.63) is 54.2 Å². The zero-order valence-electron chi connectivity index (χ0n) is 16.5. The van der Waals surface area contributed by atoms with Gasteiger partial charge in [0.1, 0.15) is 12.4 Å². The first-order valence-electron chi connectivity index (χ1n) is 9.79. The highest BCUT2D eigenvalue weighted by Crippen LogP contribution is 2.16. The van der Waals surface area contributed by atoms with E-state index in [1.807, 2.05) is 35.8 Å². The van der Waals surface area contributed by atoms with E-state index in [1.165, 1.54) is 6.26 Å². The lowest BCUT2D eigenvalue weighted by Gasteiger charge is -2.10. The number of fused-ring (bicyclic) bond motifs is 1. The Balaban J connectivity index is 1.61. The molecule has 2 amide bonds. The molecule has 29 heavy (non-hydrogen) atoms. The van der Waals surface area contributed by atoms with Gasteiger partial charge in [0.2, 0.25) is 5.91 Å². The number of nitrogens with zero attached hydrogens (tertiary/aromatic N) is 2. The summed E-state index contributed by atoms with van der Waals surface area (Å²) in [5.41, 5.74) is 1.72. The quantitative estimate of drug-likeness (QED) is 0.482. The Morgan fingerprint density at radius 1 is 1.14 bits per heavy atom. The fraction of sp³-hybridized carbons (Fsp3) is 0.381. The molecule has 0 radical (unpaired) electrons. The first-order valence-corrected chi connectivity index (χ1v) is 9.79. The highest BCUT2D eigenvalue weighted by atomic mass is 16.5. The van der Waals surface area contributed by atoms with Gasteiger partial charge in [-0.1, -0.05) is 12.1 Å². The summed E-state index contributed by atoms with van der Waals surface area (Å²) in [4.78, 5) is 29.0. The molecule has 0 bridgehead atoms. The number of rotatable bonds is 11. The Labute approximate surface area is 169 Å². The summed E-state index contributed by atoms with van der Waals surface area (Å²) in [6, 6.07) is 11.0. The van der Waals surface area contributed by atoms with Crippen molar-refractivity contribution >= 4 is 22.8 Å². The minimum absolute atomic E-state index is 0.0782. The zero-order chi connectivity index (χ0) is 20.5. The van der Waals surface area contributed by atoms with Crippen molar-refractivity contribution in [3.8, 4) is 0 Å². The summed E-state index contributed by atoms with van der Waals surface area (Å²) < 4.78 is 12.3. The molecule has 0 spiro atoms. The van der Waals surface area contributed by atoms with Crippen molar-refractivity contribution in [2.75, 3.05) is 26.3 Å². The van der Waals surface area contributed by atoms with E-state index in [2.05, 4.69) is 15.6 Å². The van der Waals surface area contributed by atoms with E-state index in [4.69, 9.17) is 9.15 Å². The van der Waals surface area contributed by atoms with Crippen molar-refractivity contribution < 1.29 is 18.7 Å². The normalized spacial score (nSPS) is 10.9. The highest BCUT2D eigenvalue weighted by molar-refractivity contribution is 5.91. The summed E-state index contributed by atoms with van der Waals surface area (Å²) in [6.45, 7) is 4.39. The Hall–Kier alpha value is -3.13. The molecule has 0 unspecified atom stereocenters. The number of amides is 2. The second-order valence-corrected chi connectivity index (χ2v) is 6.49. The minimum Gasteiger partial charge on any atom is -0.459 e. The Morgan fingerprint density at radius 3 is 2.79 bits per heavy atom. The second-order valence-electron chi connectivity index (χ2n) is 6.49. The second kappa shape index (κ2) is 10.4. The minimum atomic E-state index is -0.273.